The van der Waals surface area contributed by atoms with E-state index in [9.17, 15) is 4.39 Å². The highest BCUT2D eigenvalue weighted by Crippen LogP contribution is 2.41. The molecule has 0 spiro atoms. The average Bonchev–Trinajstić information content (AvgIpc) is 0.757. The van der Waals surface area contributed by atoms with Crippen molar-refractivity contribution in [1.82, 2.24) is 0 Å². The van der Waals surface area contributed by atoms with Gasteiger partial charge < -0.3 is 0 Å². The molecule has 0 aliphatic carbocycles. The molecule has 4 aromatic heterocycles. The Labute approximate surface area is 723 Å². The Bertz CT molecular complexity index is 6710. The normalized spacial score (nSPS) is 12.1. The van der Waals surface area contributed by atoms with E-state index in [0.717, 1.165) is 119 Å². The lowest BCUT2D eigenvalue weighted by Gasteiger charge is -2.17. The topological polar surface area (TPSA) is 15.5 Å². The van der Waals surface area contributed by atoms with Gasteiger partial charge in [0.05, 0.1) is 49.3 Å². The number of rotatable bonds is 17. The molecule has 0 saturated carbocycles. The molecule has 0 atom stereocenters. The van der Waals surface area contributed by atoms with E-state index < -0.39 is 0 Å². The van der Waals surface area contributed by atoms with Gasteiger partial charge in [0.15, 0.2) is 23.3 Å². The van der Waals surface area contributed by atoms with Gasteiger partial charge in [-0.05, 0) is 261 Å². The fourth-order valence-corrected chi connectivity index (χ4v) is 17.3. The van der Waals surface area contributed by atoms with Crippen LogP contribution in [0, 0.1) is 84.9 Å². The number of aromatic nitrogens is 4. The lowest BCUT2D eigenvalue weighted by Crippen LogP contribution is -2.35. The molecule has 0 saturated heterocycles. The highest BCUT2D eigenvalue weighted by Gasteiger charge is 2.28. The van der Waals surface area contributed by atoms with Crippen molar-refractivity contribution in [1.29, 1.82) is 0 Å². The number of nitrogens with zero attached hydrogens (tertiary/aromatic N) is 4. The number of fused-ring (bicyclic) bond motifs is 4. The lowest BCUT2D eigenvalue weighted by atomic mass is 9.87. The first-order chi connectivity index (χ1) is 59.6. The third-order valence-corrected chi connectivity index (χ3v) is 23.8. The predicted molar refractivity (Wildman–Crippen MR) is 510 cm³/mol. The van der Waals surface area contributed by atoms with E-state index in [2.05, 4.69) is 339 Å². The molecule has 0 bridgehead atoms. The first kappa shape index (κ1) is 79.3. The van der Waals surface area contributed by atoms with Crippen molar-refractivity contribution in [3.8, 4) is 89.5 Å². The molecule has 5 heteroatoms. The zero-order valence-corrected chi connectivity index (χ0v) is 75.1. The highest BCUT2D eigenvalue weighted by atomic mass is 19.1. The van der Waals surface area contributed by atoms with E-state index in [1.165, 1.54) is 106 Å². The second-order valence-electron chi connectivity index (χ2n) is 35.4. The average molecular weight is 1590 g/mol. The minimum atomic E-state index is -0.215. The third kappa shape index (κ3) is 19.4. The van der Waals surface area contributed by atoms with Gasteiger partial charge in [-0.25, -0.2) is 8.96 Å². The lowest BCUT2D eigenvalue weighted by molar-refractivity contribution is -0.665. The molecule has 0 unspecified atom stereocenters. The molecule has 0 radical (unpaired) electrons. The monoisotopic (exact) mass is 1590 g/mol. The Kier molecular flexibility index (Phi) is 24.9. The summed E-state index contributed by atoms with van der Waals surface area (Å²) in [5.41, 5.74) is 33.0. The molecular weight excluding hydrogens is 1460 g/mol. The standard InChI is InChI=1S/C30H34N.C29H32N.C28H29FN.C28H30N/c1-20(2)16-23-12-13-27-25(17-23)14-15-31(6)30(27)29-19-26(24-10-8-7-9-11-24)18-28(21(3)4)22(29)5;1-19(2)14-23-12-13-27-26(17-23)16-21(4)30(6)29(27)28-18-25(15-20(3)22(28)5)24-10-8-7-9-11-24;1-18(2)13-21-11-12-24-23(16-21)15-20(4)30(5)28(24)25-17-26(27(29)14-19(25)3)22-9-7-6-8-10-22;1-19(2)15-22-12-14-26-25(17-22)16-21(4)29(5)28(26)27-18-24(13-11-20(27)3)23-9-7-6-8-10-23/h7-15,17-21H,16H2,1-6H3;7-13,15-19H,14H2,1-6H3;6-12,14-18H,13H2,1-5H3;6-14,16-19H,15H2,1-5H3/q4*+1/i14D,15D;16D;15D;16D. The summed E-state index contributed by atoms with van der Waals surface area (Å²) >= 11 is 0. The molecule has 0 N–H and O–H groups in total. The van der Waals surface area contributed by atoms with Crippen molar-refractivity contribution >= 4 is 43.1 Å². The summed E-state index contributed by atoms with van der Waals surface area (Å²) in [4.78, 5) is 0. The van der Waals surface area contributed by atoms with Gasteiger partial charge in [-0.1, -0.05) is 263 Å². The maximum Gasteiger partial charge on any atom is 0.220 e. The molecule has 0 aliphatic heterocycles. The number of benzene rings is 12. The summed E-state index contributed by atoms with van der Waals surface area (Å²) in [7, 11) is 8.09. The zero-order valence-electron chi connectivity index (χ0n) is 80.1. The van der Waals surface area contributed by atoms with Gasteiger partial charge in [-0.3, -0.25) is 0 Å². The quantitative estimate of drug-likeness (QED) is 0.0808. The Morgan fingerprint density at radius 2 is 0.642 bits per heavy atom. The zero-order chi connectivity index (χ0) is 89.8. The Hall–Kier alpha value is -11.8. The van der Waals surface area contributed by atoms with Crippen LogP contribution in [0.2, 0.25) is 0 Å². The molecule has 12 aromatic carbocycles. The van der Waals surface area contributed by atoms with Gasteiger partial charge in [0, 0.05) is 50.5 Å². The molecule has 16 rings (SSSR count). The van der Waals surface area contributed by atoms with E-state index >= 15 is 0 Å². The van der Waals surface area contributed by atoms with Gasteiger partial charge in [0.25, 0.3) is 0 Å². The van der Waals surface area contributed by atoms with Crippen LogP contribution in [-0.4, -0.2) is 0 Å². The smallest absolute Gasteiger partial charge is 0.206 e. The van der Waals surface area contributed by atoms with Crippen LogP contribution in [0.3, 0.4) is 0 Å². The van der Waals surface area contributed by atoms with Crippen molar-refractivity contribution in [2.24, 2.45) is 51.9 Å². The number of hydrogen-bond donors (Lipinski definition) is 0. The van der Waals surface area contributed by atoms with Crippen LogP contribution < -0.4 is 18.3 Å². The second kappa shape index (κ2) is 37.7. The van der Waals surface area contributed by atoms with Crippen LogP contribution in [0.25, 0.3) is 133 Å². The summed E-state index contributed by atoms with van der Waals surface area (Å²) in [5, 5.41) is 8.27. The summed E-state index contributed by atoms with van der Waals surface area (Å²) in [6.07, 6.45) is 4.27. The Balaban J connectivity index is 0.000000143. The fraction of sp³-hybridized carbons (Fsp3) is 0.270. The van der Waals surface area contributed by atoms with Gasteiger partial charge in [0.1, 0.15) is 35.4 Å². The molecule has 0 aliphatic rings. The fourth-order valence-electron chi connectivity index (χ4n) is 17.3. The van der Waals surface area contributed by atoms with Crippen LogP contribution in [-0.2, 0) is 53.9 Å². The maximum absolute atomic E-state index is 14.9. The van der Waals surface area contributed by atoms with E-state index in [1.54, 1.807) is 6.07 Å². The second-order valence-corrected chi connectivity index (χ2v) is 35.4. The number of aryl methyl sites for hydroxylation is 3. The van der Waals surface area contributed by atoms with Gasteiger partial charge in [-0.2, -0.15) is 13.7 Å². The number of halogens is 1. The van der Waals surface area contributed by atoms with Crippen molar-refractivity contribution in [2.45, 2.75) is 156 Å². The van der Waals surface area contributed by atoms with E-state index in [4.69, 9.17) is 6.85 Å². The minimum absolute atomic E-state index is 0.215. The van der Waals surface area contributed by atoms with Crippen LogP contribution in [0.5, 0.6) is 0 Å². The number of pyridine rings is 4. The van der Waals surface area contributed by atoms with E-state index in [0.29, 0.717) is 59.3 Å². The molecule has 4 nitrogen and oxygen atoms in total. The highest BCUT2D eigenvalue weighted by molar-refractivity contribution is 5.99. The molecule has 120 heavy (non-hydrogen) atoms. The minimum Gasteiger partial charge on any atom is -0.206 e. The first-order valence-electron chi connectivity index (χ1n) is 45.7. The predicted octanol–water partition coefficient (Wildman–Crippen LogP) is 28.5. The summed E-state index contributed by atoms with van der Waals surface area (Å²) in [6.45, 7) is 39.1. The molecule has 608 valence electrons. The van der Waals surface area contributed by atoms with Crippen molar-refractivity contribution in [2.75, 3.05) is 0 Å². The summed E-state index contributed by atoms with van der Waals surface area (Å²) in [5.74, 6) is 2.46. The molecule has 4 heterocycles. The largest absolute Gasteiger partial charge is 0.220 e. The summed E-state index contributed by atoms with van der Waals surface area (Å²) in [6, 6.07) is 89.1. The van der Waals surface area contributed by atoms with Gasteiger partial charge in [-0.15, -0.1) is 0 Å². The molecule has 16 aromatic rings. The van der Waals surface area contributed by atoms with Crippen molar-refractivity contribution in [3.05, 3.63) is 358 Å². The molecule has 0 fully saturated rings. The SMILES string of the molecule is [2H]c1c(C)[n+](C)c(-c2cc(-c3ccccc3)c(F)cc2C)c2ccc(CC(C)C)cc12.[2H]c1c(C)[n+](C)c(-c2cc(-c3ccccc3)cc(C)c2C)c2ccc(CC(C)C)cc12.[2H]c1c(C)[n+](C)c(-c2cc(-c3ccccc3)ccc2C)c2ccc(CC(C)C)cc12.[2H]c1c([2H])[n+](C)c(-c2cc(-c3ccccc3)cc(C(C)C)c2C)c2ccc(CC(C)C)cc12. The van der Waals surface area contributed by atoms with Crippen LogP contribution in [0.1, 0.15) is 155 Å². The third-order valence-electron chi connectivity index (χ3n) is 23.8. The summed E-state index contributed by atoms with van der Waals surface area (Å²) < 4.78 is 67.0. The van der Waals surface area contributed by atoms with Crippen LogP contribution >= 0.6 is 0 Å². The van der Waals surface area contributed by atoms with Crippen LogP contribution in [0.15, 0.2) is 279 Å². The van der Waals surface area contributed by atoms with E-state index in [-0.39, 0.29) is 12.0 Å². The maximum atomic E-state index is 14.9. The molecule has 0 amide bonds. The first-order valence-corrected chi connectivity index (χ1v) is 43.2. The van der Waals surface area contributed by atoms with Crippen LogP contribution in [0.4, 0.5) is 4.39 Å². The van der Waals surface area contributed by atoms with Gasteiger partial charge in [0.2, 0.25) is 22.8 Å². The molecular formula is C115H125FN4+4. The van der Waals surface area contributed by atoms with E-state index in [1.807, 2.05) is 75.0 Å². The van der Waals surface area contributed by atoms with Crippen molar-refractivity contribution in [3.63, 3.8) is 0 Å². The van der Waals surface area contributed by atoms with Crippen molar-refractivity contribution < 1.29 is 29.5 Å². The Morgan fingerprint density at radius 1 is 0.292 bits per heavy atom. The Morgan fingerprint density at radius 3 is 1.05 bits per heavy atom. The van der Waals surface area contributed by atoms with Gasteiger partial charge >= 0.3 is 0 Å². The number of hydrogen-bond acceptors (Lipinski definition) is 0.